The first-order valence-corrected chi connectivity index (χ1v) is 7.89. The van der Waals surface area contributed by atoms with E-state index in [2.05, 4.69) is 25.8 Å². The average molecular weight is 337 g/mol. The number of ether oxygens (including phenoxy) is 1. The van der Waals surface area contributed by atoms with Gasteiger partial charge >= 0.3 is 0 Å². The number of carbonyl (C=O) groups is 2. The summed E-state index contributed by atoms with van der Waals surface area (Å²) >= 11 is 0. The fourth-order valence-electron chi connectivity index (χ4n) is 2.82. The molecule has 0 aliphatic carbocycles. The van der Waals surface area contributed by atoms with Crippen LogP contribution < -0.4 is 16.0 Å². The van der Waals surface area contributed by atoms with E-state index in [0.717, 1.165) is 19.3 Å². The lowest BCUT2D eigenvalue weighted by Gasteiger charge is -2.40. The van der Waals surface area contributed by atoms with Gasteiger partial charge in [-0.25, -0.2) is 9.37 Å². The van der Waals surface area contributed by atoms with Crippen LogP contribution in [-0.2, 0) is 14.3 Å². The predicted molar refractivity (Wildman–Crippen MR) is 83.3 cm³/mol. The minimum atomic E-state index is -0.470. The van der Waals surface area contributed by atoms with Crippen LogP contribution in [0, 0.1) is 5.82 Å². The molecule has 2 amide bonds. The van der Waals surface area contributed by atoms with Crippen LogP contribution in [0.4, 0.5) is 10.2 Å². The number of nitrogens with one attached hydrogen (secondary N) is 3. The van der Waals surface area contributed by atoms with E-state index in [1.807, 2.05) is 0 Å². The lowest BCUT2D eigenvalue weighted by molar-refractivity contribution is -0.128. The Balaban J connectivity index is 1.54. The maximum atomic E-state index is 12.8. The van der Waals surface area contributed by atoms with Gasteiger partial charge in [-0.15, -0.1) is 0 Å². The molecule has 24 heavy (non-hydrogen) atoms. The highest BCUT2D eigenvalue weighted by Gasteiger charge is 2.31. The van der Waals surface area contributed by atoms with Crippen LogP contribution in [0.1, 0.15) is 12.8 Å². The Morgan fingerprint density at radius 1 is 1.42 bits per heavy atom. The molecular weight excluding hydrogens is 317 g/mol. The molecule has 0 radical (unpaired) electrons. The average Bonchev–Trinajstić information content (AvgIpc) is 2.57. The summed E-state index contributed by atoms with van der Waals surface area (Å²) in [6, 6.07) is 2.61. The van der Waals surface area contributed by atoms with Crippen LogP contribution in [0.15, 0.2) is 18.3 Å². The highest BCUT2D eigenvalue weighted by Crippen LogP contribution is 2.11. The molecule has 0 aromatic carbocycles. The summed E-state index contributed by atoms with van der Waals surface area (Å²) in [5.41, 5.74) is 0. The van der Waals surface area contributed by atoms with Gasteiger partial charge in [0.1, 0.15) is 11.6 Å². The van der Waals surface area contributed by atoms with Gasteiger partial charge in [-0.05, 0) is 12.1 Å². The third-order valence-corrected chi connectivity index (χ3v) is 3.98. The number of rotatable bonds is 4. The number of amides is 2. The van der Waals surface area contributed by atoms with Crippen molar-refractivity contribution in [3.05, 3.63) is 24.1 Å². The number of aromatic nitrogens is 1. The summed E-state index contributed by atoms with van der Waals surface area (Å²) in [4.78, 5) is 29.9. The summed E-state index contributed by atoms with van der Waals surface area (Å²) in [5, 5.41) is 8.62. The molecule has 9 heteroatoms. The molecule has 2 aliphatic rings. The molecule has 3 rings (SSSR count). The molecule has 130 valence electrons. The molecule has 8 nitrogen and oxygen atoms in total. The van der Waals surface area contributed by atoms with Crippen molar-refractivity contribution < 1.29 is 18.7 Å². The zero-order chi connectivity index (χ0) is 16.9. The van der Waals surface area contributed by atoms with E-state index in [4.69, 9.17) is 4.74 Å². The third kappa shape index (κ3) is 4.47. The van der Waals surface area contributed by atoms with Gasteiger partial charge in [0, 0.05) is 13.1 Å². The molecule has 2 saturated heterocycles. The van der Waals surface area contributed by atoms with E-state index in [1.165, 1.54) is 12.1 Å². The highest BCUT2D eigenvalue weighted by molar-refractivity contribution is 5.90. The minimum Gasteiger partial charge on any atom is -0.379 e. The Morgan fingerprint density at radius 2 is 2.21 bits per heavy atom. The van der Waals surface area contributed by atoms with E-state index in [9.17, 15) is 14.0 Å². The number of hydrogen-bond acceptors (Lipinski definition) is 6. The van der Waals surface area contributed by atoms with E-state index in [-0.39, 0.29) is 30.2 Å². The van der Waals surface area contributed by atoms with Crippen LogP contribution in [0.5, 0.6) is 0 Å². The van der Waals surface area contributed by atoms with Crippen LogP contribution >= 0.6 is 0 Å². The van der Waals surface area contributed by atoms with Crippen molar-refractivity contribution in [2.45, 2.75) is 25.2 Å². The molecule has 0 saturated carbocycles. The number of morpholine rings is 1. The Labute approximate surface area is 138 Å². The summed E-state index contributed by atoms with van der Waals surface area (Å²) < 4.78 is 18.1. The lowest BCUT2D eigenvalue weighted by atomic mass is 10.1. The monoisotopic (exact) mass is 337 g/mol. The second-order valence-electron chi connectivity index (χ2n) is 5.77. The van der Waals surface area contributed by atoms with E-state index >= 15 is 0 Å². The van der Waals surface area contributed by atoms with Crippen molar-refractivity contribution in [3.63, 3.8) is 0 Å². The molecular formula is C15H20FN5O3. The lowest BCUT2D eigenvalue weighted by Crippen LogP contribution is -2.63. The molecule has 3 heterocycles. The number of halogens is 1. The smallest absolute Gasteiger partial charge is 0.228 e. The largest absolute Gasteiger partial charge is 0.379 e. The molecule has 2 fully saturated rings. The second-order valence-corrected chi connectivity index (χ2v) is 5.77. The number of hydrogen-bond donors (Lipinski definition) is 3. The van der Waals surface area contributed by atoms with Gasteiger partial charge in [0.15, 0.2) is 0 Å². The topological polar surface area (TPSA) is 95.6 Å². The Hall–Kier alpha value is -2.10. The number of nitrogens with zero attached hydrogens (tertiary/aromatic N) is 2. The summed E-state index contributed by atoms with van der Waals surface area (Å²) in [6.07, 6.45) is 0.873. The summed E-state index contributed by atoms with van der Waals surface area (Å²) in [6.45, 7) is 2.79. The standard InChI is InChI=1S/C15H20FN5O3/c16-10-1-2-11(17-9-10)19-14(22)7-12-18-13(8-15(23)20-12)21-3-5-24-6-4-21/h1-2,9,12-13,18H,3-8H2,(H,20,23)(H,17,19,22). The van der Waals surface area contributed by atoms with Crippen LogP contribution in [-0.4, -0.2) is 60.3 Å². The van der Waals surface area contributed by atoms with Crippen LogP contribution in [0.3, 0.4) is 0 Å². The first kappa shape index (κ1) is 16.7. The number of anilines is 1. The normalized spacial score (nSPS) is 25.1. The SMILES string of the molecule is O=C(CC1NC(=O)CC(N2CCOCC2)N1)Nc1ccc(F)cn1. The summed E-state index contributed by atoms with van der Waals surface area (Å²) in [5.74, 6) is -0.603. The molecule has 3 N–H and O–H groups in total. The van der Waals surface area contributed by atoms with Gasteiger partial charge in [-0.2, -0.15) is 0 Å². The van der Waals surface area contributed by atoms with Crippen LogP contribution in [0.25, 0.3) is 0 Å². The maximum Gasteiger partial charge on any atom is 0.228 e. The fourth-order valence-corrected chi connectivity index (χ4v) is 2.82. The van der Waals surface area contributed by atoms with Crippen molar-refractivity contribution in [1.29, 1.82) is 0 Å². The predicted octanol–water partition coefficient (Wildman–Crippen LogP) is -0.357. The number of pyridine rings is 1. The molecule has 2 unspecified atom stereocenters. The quantitative estimate of drug-likeness (QED) is 0.695. The Bertz CT molecular complexity index is 591. The van der Waals surface area contributed by atoms with Gasteiger partial charge in [-0.1, -0.05) is 0 Å². The maximum absolute atomic E-state index is 12.8. The van der Waals surface area contributed by atoms with Crippen molar-refractivity contribution in [2.75, 3.05) is 31.6 Å². The fraction of sp³-hybridized carbons (Fsp3) is 0.533. The van der Waals surface area contributed by atoms with Gasteiger partial charge in [0.25, 0.3) is 0 Å². The van der Waals surface area contributed by atoms with E-state index < -0.39 is 12.0 Å². The van der Waals surface area contributed by atoms with Crippen molar-refractivity contribution in [2.24, 2.45) is 0 Å². The van der Waals surface area contributed by atoms with Gasteiger partial charge in [0.05, 0.1) is 44.6 Å². The van der Waals surface area contributed by atoms with Crippen molar-refractivity contribution in [1.82, 2.24) is 20.5 Å². The van der Waals surface area contributed by atoms with Crippen LogP contribution in [0.2, 0.25) is 0 Å². The minimum absolute atomic E-state index is 0.0611. The molecule has 1 aromatic heterocycles. The number of carbonyl (C=O) groups excluding carboxylic acids is 2. The van der Waals surface area contributed by atoms with Gasteiger partial charge in [0.2, 0.25) is 11.8 Å². The molecule has 0 bridgehead atoms. The van der Waals surface area contributed by atoms with Crippen molar-refractivity contribution >= 4 is 17.6 Å². The third-order valence-electron chi connectivity index (χ3n) is 3.98. The molecule has 2 aliphatic heterocycles. The van der Waals surface area contributed by atoms with Gasteiger partial charge < -0.3 is 15.4 Å². The molecule has 2 atom stereocenters. The van der Waals surface area contributed by atoms with E-state index in [0.29, 0.717) is 19.6 Å². The Morgan fingerprint density at radius 3 is 2.92 bits per heavy atom. The zero-order valence-electron chi connectivity index (χ0n) is 13.1. The summed E-state index contributed by atoms with van der Waals surface area (Å²) in [7, 11) is 0. The highest BCUT2D eigenvalue weighted by atomic mass is 19.1. The molecule has 1 aromatic rings. The first-order valence-electron chi connectivity index (χ1n) is 7.89. The van der Waals surface area contributed by atoms with E-state index in [1.54, 1.807) is 0 Å². The first-order chi connectivity index (χ1) is 11.6. The van der Waals surface area contributed by atoms with Gasteiger partial charge in [-0.3, -0.25) is 19.8 Å². The second kappa shape index (κ2) is 7.65. The Kier molecular flexibility index (Phi) is 5.34. The van der Waals surface area contributed by atoms with Crippen molar-refractivity contribution in [3.8, 4) is 0 Å². The zero-order valence-corrected chi connectivity index (χ0v) is 13.1. The molecule has 0 spiro atoms.